The van der Waals surface area contributed by atoms with Crippen LogP contribution in [0.25, 0.3) is 5.65 Å². The minimum absolute atomic E-state index is 0. The molecule has 6 nitrogen and oxygen atoms in total. The van der Waals surface area contributed by atoms with Crippen LogP contribution in [0.5, 0.6) is 0 Å². The van der Waals surface area contributed by atoms with Gasteiger partial charge in [0.05, 0.1) is 0 Å². The first-order chi connectivity index (χ1) is 12.3. The van der Waals surface area contributed by atoms with Crippen molar-refractivity contribution < 1.29 is 0 Å². The zero-order valence-electron chi connectivity index (χ0n) is 15.8. The van der Waals surface area contributed by atoms with E-state index in [1.165, 1.54) is 32.1 Å². The van der Waals surface area contributed by atoms with Crippen LogP contribution in [0.15, 0.2) is 29.4 Å². The van der Waals surface area contributed by atoms with Gasteiger partial charge in [0.25, 0.3) is 0 Å². The molecule has 0 aromatic carbocycles. The topological polar surface area (TPSA) is 66.6 Å². The smallest absolute Gasteiger partial charge is 0.191 e. The second kappa shape index (κ2) is 10.7. The molecule has 2 unspecified atom stereocenters. The molecule has 7 heteroatoms. The Kier molecular flexibility index (Phi) is 8.61. The predicted molar refractivity (Wildman–Crippen MR) is 117 cm³/mol. The number of halogens is 1. The SMILES string of the molecule is CCNC(=NCc1nnc2ccccn12)NCCC1CCCC(C)C1.I. The number of aliphatic imine (C=N–C) groups is 1. The summed E-state index contributed by atoms with van der Waals surface area (Å²) in [7, 11) is 0. The summed E-state index contributed by atoms with van der Waals surface area (Å²) in [6.45, 7) is 6.82. The van der Waals surface area contributed by atoms with Crippen molar-refractivity contribution in [1.82, 2.24) is 25.2 Å². The number of fused-ring (bicyclic) bond motifs is 1. The predicted octanol–water partition coefficient (Wildman–Crippen LogP) is 3.62. The van der Waals surface area contributed by atoms with E-state index >= 15 is 0 Å². The maximum atomic E-state index is 4.67. The summed E-state index contributed by atoms with van der Waals surface area (Å²) in [5, 5.41) is 15.2. The summed E-state index contributed by atoms with van der Waals surface area (Å²) >= 11 is 0. The van der Waals surface area contributed by atoms with Crippen molar-refractivity contribution in [3.8, 4) is 0 Å². The molecule has 2 N–H and O–H groups in total. The lowest BCUT2D eigenvalue weighted by atomic mass is 9.81. The molecule has 26 heavy (non-hydrogen) atoms. The summed E-state index contributed by atoms with van der Waals surface area (Å²) in [6.07, 6.45) is 8.75. The lowest BCUT2D eigenvalue weighted by molar-refractivity contribution is 0.270. The van der Waals surface area contributed by atoms with Crippen LogP contribution < -0.4 is 10.6 Å². The number of hydrogen-bond acceptors (Lipinski definition) is 3. The second-order valence-electron chi connectivity index (χ2n) is 7.09. The van der Waals surface area contributed by atoms with Crippen molar-refractivity contribution in [2.45, 2.75) is 52.5 Å². The van der Waals surface area contributed by atoms with Gasteiger partial charge >= 0.3 is 0 Å². The van der Waals surface area contributed by atoms with Crippen molar-refractivity contribution in [3.63, 3.8) is 0 Å². The highest BCUT2D eigenvalue weighted by molar-refractivity contribution is 14.0. The maximum absolute atomic E-state index is 4.67. The fraction of sp³-hybridized carbons (Fsp3) is 0.632. The van der Waals surface area contributed by atoms with Crippen LogP contribution >= 0.6 is 24.0 Å². The zero-order valence-corrected chi connectivity index (χ0v) is 18.1. The van der Waals surface area contributed by atoms with Crippen LogP contribution in [0.1, 0.15) is 51.8 Å². The molecule has 1 aliphatic rings. The number of pyridine rings is 1. The van der Waals surface area contributed by atoms with Crippen LogP contribution in [0.3, 0.4) is 0 Å². The summed E-state index contributed by atoms with van der Waals surface area (Å²) in [6, 6.07) is 5.90. The van der Waals surface area contributed by atoms with E-state index in [4.69, 9.17) is 0 Å². The third-order valence-electron chi connectivity index (χ3n) is 5.00. The highest BCUT2D eigenvalue weighted by Gasteiger charge is 2.18. The standard InChI is InChI=1S/C19H30N6.HI/c1-3-20-19(21-11-10-16-8-6-7-15(2)13-16)22-14-18-24-23-17-9-4-5-12-25(17)18;/h4-5,9,12,15-16H,3,6-8,10-11,13-14H2,1-2H3,(H2,20,21,22);1H. The van der Waals surface area contributed by atoms with E-state index in [1.54, 1.807) is 0 Å². The Hall–Kier alpha value is -1.38. The molecule has 0 amide bonds. The molecule has 2 aromatic rings. The van der Waals surface area contributed by atoms with E-state index in [2.05, 4.69) is 39.7 Å². The first-order valence-electron chi connectivity index (χ1n) is 9.57. The fourth-order valence-corrected chi connectivity index (χ4v) is 3.71. The number of aromatic nitrogens is 3. The average molecular weight is 470 g/mol. The molecular formula is C19H31IN6. The Morgan fingerprint density at radius 1 is 1.27 bits per heavy atom. The van der Waals surface area contributed by atoms with Gasteiger partial charge in [-0.25, -0.2) is 4.99 Å². The van der Waals surface area contributed by atoms with E-state index < -0.39 is 0 Å². The van der Waals surface area contributed by atoms with Crippen LogP contribution in [-0.4, -0.2) is 33.6 Å². The molecule has 0 saturated heterocycles. The first-order valence-corrected chi connectivity index (χ1v) is 9.57. The van der Waals surface area contributed by atoms with Gasteiger partial charge in [-0.15, -0.1) is 34.2 Å². The van der Waals surface area contributed by atoms with Gasteiger partial charge in [-0.1, -0.05) is 32.3 Å². The Labute approximate surface area is 173 Å². The lowest BCUT2D eigenvalue weighted by Crippen LogP contribution is -2.38. The van der Waals surface area contributed by atoms with Gasteiger partial charge < -0.3 is 10.6 Å². The molecule has 2 heterocycles. The van der Waals surface area contributed by atoms with Crippen molar-refractivity contribution in [3.05, 3.63) is 30.2 Å². The molecule has 144 valence electrons. The summed E-state index contributed by atoms with van der Waals surface area (Å²) in [4.78, 5) is 4.67. The Bertz CT molecular complexity index is 698. The van der Waals surface area contributed by atoms with Gasteiger partial charge in [0.15, 0.2) is 17.4 Å². The first kappa shape index (κ1) is 20.9. The molecular weight excluding hydrogens is 439 g/mol. The maximum Gasteiger partial charge on any atom is 0.191 e. The van der Waals surface area contributed by atoms with Gasteiger partial charge in [0, 0.05) is 19.3 Å². The Balaban J connectivity index is 0.00000243. The molecule has 2 atom stereocenters. The quantitative estimate of drug-likeness (QED) is 0.385. The highest BCUT2D eigenvalue weighted by Crippen LogP contribution is 2.30. The number of rotatable bonds is 6. The van der Waals surface area contributed by atoms with Crippen LogP contribution in [0.2, 0.25) is 0 Å². The summed E-state index contributed by atoms with van der Waals surface area (Å²) < 4.78 is 1.98. The third-order valence-corrected chi connectivity index (χ3v) is 5.00. The number of nitrogens with zero attached hydrogens (tertiary/aromatic N) is 4. The molecule has 1 aliphatic carbocycles. The van der Waals surface area contributed by atoms with Crippen LogP contribution in [0.4, 0.5) is 0 Å². The summed E-state index contributed by atoms with van der Waals surface area (Å²) in [5.41, 5.74) is 0.858. The molecule has 0 bridgehead atoms. The second-order valence-corrected chi connectivity index (χ2v) is 7.09. The molecule has 0 spiro atoms. The van der Waals surface area contributed by atoms with Gasteiger partial charge in [0.2, 0.25) is 0 Å². The van der Waals surface area contributed by atoms with Crippen molar-refractivity contribution in [2.75, 3.05) is 13.1 Å². The fourth-order valence-electron chi connectivity index (χ4n) is 3.71. The van der Waals surface area contributed by atoms with Gasteiger partial charge in [-0.3, -0.25) is 4.40 Å². The average Bonchev–Trinajstić information content (AvgIpc) is 3.03. The van der Waals surface area contributed by atoms with E-state index in [-0.39, 0.29) is 24.0 Å². The van der Waals surface area contributed by atoms with Crippen LogP contribution in [0, 0.1) is 11.8 Å². The number of guanidine groups is 1. The van der Waals surface area contributed by atoms with Crippen molar-refractivity contribution >= 4 is 35.6 Å². The lowest BCUT2D eigenvalue weighted by Gasteiger charge is -2.26. The monoisotopic (exact) mass is 470 g/mol. The van der Waals surface area contributed by atoms with Crippen molar-refractivity contribution in [2.24, 2.45) is 16.8 Å². The normalized spacial score (nSPS) is 20.6. The molecule has 0 aliphatic heterocycles. The van der Waals surface area contributed by atoms with E-state index in [1.807, 2.05) is 28.8 Å². The van der Waals surface area contributed by atoms with E-state index in [0.717, 1.165) is 42.4 Å². The molecule has 2 aromatic heterocycles. The van der Waals surface area contributed by atoms with Gasteiger partial charge in [-0.05, 0) is 43.7 Å². The van der Waals surface area contributed by atoms with E-state index in [0.29, 0.717) is 6.54 Å². The van der Waals surface area contributed by atoms with E-state index in [9.17, 15) is 0 Å². The summed E-state index contributed by atoms with van der Waals surface area (Å²) in [5.74, 6) is 3.47. The number of hydrogen-bond donors (Lipinski definition) is 2. The van der Waals surface area contributed by atoms with Gasteiger partial charge in [-0.2, -0.15) is 0 Å². The molecule has 1 saturated carbocycles. The van der Waals surface area contributed by atoms with Crippen LogP contribution in [-0.2, 0) is 6.54 Å². The van der Waals surface area contributed by atoms with Crippen molar-refractivity contribution in [1.29, 1.82) is 0 Å². The minimum atomic E-state index is 0. The molecule has 3 rings (SSSR count). The van der Waals surface area contributed by atoms with Gasteiger partial charge in [0.1, 0.15) is 6.54 Å². The highest BCUT2D eigenvalue weighted by atomic mass is 127. The Morgan fingerprint density at radius 3 is 2.96 bits per heavy atom. The molecule has 1 fully saturated rings. The zero-order chi connectivity index (χ0) is 17.5. The minimum Gasteiger partial charge on any atom is -0.357 e. The third kappa shape index (κ3) is 5.82. The number of nitrogens with one attached hydrogen (secondary N) is 2. The Morgan fingerprint density at radius 2 is 2.15 bits per heavy atom. The largest absolute Gasteiger partial charge is 0.357 e. The molecule has 0 radical (unpaired) electrons.